The molecule has 0 aliphatic rings. The van der Waals surface area contributed by atoms with Crippen LogP contribution in [0.25, 0.3) is 53.5 Å². The average Bonchev–Trinajstić information content (AvgIpc) is 3.70. The Kier molecular flexibility index (Phi) is 12.6. The van der Waals surface area contributed by atoms with Crippen molar-refractivity contribution in [3.63, 3.8) is 0 Å². The summed E-state index contributed by atoms with van der Waals surface area (Å²) in [5.41, 5.74) is 6.08. The predicted octanol–water partition coefficient (Wildman–Crippen LogP) is 13.6. The van der Waals surface area contributed by atoms with Crippen molar-refractivity contribution < 1.29 is 34.4 Å². The van der Waals surface area contributed by atoms with E-state index in [1.165, 1.54) is 37.6 Å². The van der Waals surface area contributed by atoms with Crippen LogP contribution in [0.15, 0.2) is 89.4 Å². The zero-order chi connectivity index (χ0) is 36.4. The number of hydrogen-bond acceptors (Lipinski definition) is 5. The summed E-state index contributed by atoms with van der Waals surface area (Å²) in [6.45, 7) is 21.1. The molecule has 0 aliphatic heterocycles. The molecule has 6 aromatic rings. The summed E-state index contributed by atoms with van der Waals surface area (Å²) in [4.78, 5) is 18.3. The van der Waals surface area contributed by atoms with Crippen molar-refractivity contribution in [2.24, 2.45) is 10.8 Å². The van der Waals surface area contributed by atoms with Gasteiger partial charge >= 0.3 is 0 Å². The van der Waals surface area contributed by atoms with Gasteiger partial charge < -0.3 is 9.52 Å². The number of nitrogens with zero attached hydrogens (tertiary/aromatic N) is 1. The zero-order valence-electron chi connectivity index (χ0n) is 31.8. The maximum absolute atomic E-state index is 12.2. The first kappa shape index (κ1) is 40.2. The van der Waals surface area contributed by atoms with Crippen molar-refractivity contribution in [3.8, 4) is 21.7 Å². The molecular formula is C45H52IrNO3S-. The number of para-hydroxylation sites is 1. The van der Waals surface area contributed by atoms with Gasteiger partial charge in [0.15, 0.2) is 5.78 Å². The fraction of sp³-hybridized carbons (Fsp3) is 0.378. The molecule has 51 heavy (non-hydrogen) atoms. The second-order valence-electron chi connectivity index (χ2n) is 15.1. The molecule has 3 aromatic heterocycles. The Morgan fingerprint density at radius 1 is 0.882 bits per heavy atom. The molecule has 1 radical (unpaired) electrons. The van der Waals surface area contributed by atoms with Crippen molar-refractivity contribution in [2.75, 3.05) is 0 Å². The van der Waals surface area contributed by atoms with Gasteiger partial charge in [-0.3, -0.25) is 9.78 Å². The summed E-state index contributed by atoms with van der Waals surface area (Å²) >= 11 is 1.80. The third kappa shape index (κ3) is 7.94. The molecule has 6 rings (SSSR count). The maximum atomic E-state index is 12.2. The summed E-state index contributed by atoms with van der Waals surface area (Å²) < 4.78 is 7.09. The van der Waals surface area contributed by atoms with Crippen LogP contribution >= 0.6 is 11.3 Å². The molecule has 4 nitrogen and oxygen atoms in total. The number of aliphatic hydroxyl groups excluding tert-OH is 1. The minimum Gasteiger partial charge on any atom is -0.512 e. The molecule has 0 aliphatic carbocycles. The Bertz CT molecular complexity index is 2170. The molecule has 0 saturated carbocycles. The summed E-state index contributed by atoms with van der Waals surface area (Å²) in [5, 5.41) is 14.9. The number of fused-ring (bicyclic) bond motifs is 3. The molecule has 0 bridgehead atoms. The van der Waals surface area contributed by atoms with Gasteiger partial charge in [-0.2, -0.15) is 0 Å². The third-order valence-corrected chi connectivity index (χ3v) is 12.3. The number of carbonyl (C=O) groups excluding carboxylic acids is 1. The number of aromatic nitrogens is 1. The smallest absolute Gasteiger partial charge is 0.164 e. The number of aryl methyl sites for hydroxylation is 1. The molecule has 0 spiro atoms. The van der Waals surface area contributed by atoms with Crippen LogP contribution in [0.5, 0.6) is 0 Å². The molecule has 0 atom stereocenters. The molecule has 3 aromatic carbocycles. The van der Waals surface area contributed by atoms with Crippen LogP contribution < -0.4 is 0 Å². The van der Waals surface area contributed by atoms with Crippen LogP contribution in [-0.4, -0.2) is 15.9 Å². The Labute approximate surface area is 321 Å². The quantitative estimate of drug-likeness (QED) is 0.0893. The molecule has 1 N–H and O–H groups in total. The SMILES string of the molecule is CCC(C)(CC)C(=O)/C=C(\O)C(C)(CC)CC.Cc1c(-c2coc3ccccc23)sc2ccnc(-c3[c-]c4ccccc4c(C(C)(C)C)c3)c12.[Ir]. The summed E-state index contributed by atoms with van der Waals surface area (Å²) in [6, 6.07) is 24.8. The maximum Gasteiger partial charge on any atom is 0.164 e. The average molecular weight is 879 g/mol. The van der Waals surface area contributed by atoms with Crippen LogP contribution in [0, 0.1) is 23.8 Å². The molecule has 0 amide bonds. The Morgan fingerprint density at radius 2 is 1.49 bits per heavy atom. The predicted molar refractivity (Wildman–Crippen MR) is 213 cm³/mol. The van der Waals surface area contributed by atoms with E-state index in [1.807, 2.05) is 66.1 Å². The number of carbonyl (C=O) groups is 1. The summed E-state index contributed by atoms with van der Waals surface area (Å²) in [5.74, 6) is 0.286. The largest absolute Gasteiger partial charge is 0.512 e. The number of aliphatic hydroxyl groups is 1. The number of allylic oxidation sites excluding steroid dienone is 2. The van der Waals surface area contributed by atoms with Crippen LogP contribution in [-0.2, 0) is 30.3 Å². The summed E-state index contributed by atoms with van der Waals surface area (Å²) in [6.07, 6.45) is 8.56. The minimum atomic E-state index is -0.337. The molecule has 0 unspecified atom stereocenters. The monoisotopic (exact) mass is 879 g/mol. The van der Waals surface area contributed by atoms with Gasteiger partial charge in [-0.15, -0.1) is 40.5 Å². The normalized spacial score (nSPS) is 12.5. The van der Waals surface area contributed by atoms with Gasteiger partial charge in [-0.05, 0) is 61.1 Å². The van der Waals surface area contributed by atoms with Gasteiger partial charge in [0.05, 0.1) is 0 Å². The molecule has 3 heterocycles. The Morgan fingerprint density at radius 3 is 2.12 bits per heavy atom. The fourth-order valence-electron chi connectivity index (χ4n) is 6.47. The molecule has 271 valence electrons. The van der Waals surface area contributed by atoms with E-state index in [-0.39, 0.29) is 47.9 Å². The van der Waals surface area contributed by atoms with E-state index in [2.05, 4.69) is 82.3 Å². The van der Waals surface area contributed by atoms with Gasteiger partial charge in [0.25, 0.3) is 0 Å². The molecular weight excluding hydrogens is 827 g/mol. The number of benzene rings is 3. The van der Waals surface area contributed by atoms with Crippen LogP contribution in [0.3, 0.4) is 0 Å². The molecule has 0 saturated heterocycles. The van der Waals surface area contributed by atoms with E-state index in [9.17, 15) is 9.90 Å². The second-order valence-corrected chi connectivity index (χ2v) is 16.1. The number of hydrogen-bond donors (Lipinski definition) is 1. The Hall–Kier alpha value is -3.57. The van der Waals surface area contributed by atoms with Crippen molar-refractivity contribution in [1.82, 2.24) is 4.98 Å². The van der Waals surface area contributed by atoms with Gasteiger partial charge in [0.2, 0.25) is 0 Å². The van der Waals surface area contributed by atoms with Crippen molar-refractivity contribution >= 4 is 48.9 Å². The van der Waals surface area contributed by atoms with Crippen LogP contribution in [0.4, 0.5) is 0 Å². The second kappa shape index (κ2) is 16.0. The van der Waals surface area contributed by atoms with Gasteiger partial charge in [-0.25, -0.2) is 0 Å². The van der Waals surface area contributed by atoms with Crippen molar-refractivity contribution in [1.29, 1.82) is 0 Å². The van der Waals surface area contributed by atoms with E-state index in [0.29, 0.717) is 0 Å². The number of ketones is 1. The fourth-order valence-corrected chi connectivity index (χ4v) is 7.69. The van der Waals surface area contributed by atoms with Crippen molar-refractivity contribution in [3.05, 3.63) is 102 Å². The van der Waals surface area contributed by atoms with E-state index in [4.69, 9.17) is 9.40 Å². The minimum absolute atomic E-state index is 0. The number of pyridine rings is 1. The van der Waals surface area contributed by atoms with E-state index in [0.717, 1.165) is 58.9 Å². The Balaban J connectivity index is 0.000000279. The first-order valence-electron chi connectivity index (χ1n) is 18.0. The zero-order valence-corrected chi connectivity index (χ0v) is 35.0. The first-order chi connectivity index (χ1) is 23.7. The topological polar surface area (TPSA) is 63.3 Å². The van der Waals surface area contributed by atoms with Gasteiger partial charge in [0, 0.05) is 69.4 Å². The van der Waals surface area contributed by atoms with Crippen molar-refractivity contribution in [2.45, 2.75) is 100 Å². The van der Waals surface area contributed by atoms with E-state index in [1.54, 1.807) is 11.3 Å². The third-order valence-electron chi connectivity index (χ3n) is 11.0. The number of thiophene rings is 1. The summed E-state index contributed by atoms with van der Waals surface area (Å²) in [7, 11) is 0. The number of furan rings is 1. The van der Waals surface area contributed by atoms with Crippen LogP contribution in [0.1, 0.15) is 99.1 Å². The van der Waals surface area contributed by atoms with Gasteiger partial charge in [0.1, 0.15) is 17.6 Å². The standard InChI is InChI=1S/C30H24NOS.C15H28O2.Ir/c1-18-27-26(33-29(18)23-17-32-25-12-8-7-11-22(23)25)13-14-31-28(27)20-15-19-9-5-6-10-21(19)24(16-20)30(2,3)4;1-7-14(5,8-2)12(16)11-13(17)15(6,9-3)10-4;/h5-14,16-17H,1-4H3;11,16H,7-10H2,1-6H3;/q-1;;/b;12-11-;. The van der Waals surface area contributed by atoms with Crippen LogP contribution in [0.2, 0.25) is 0 Å². The van der Waals surface area contributed by atoms with E-state index < -0.39 is 0 Å². The van der Waals surface area contributed by atoms with E-state index >= 15 is 0 Å². The van der Waals surface area contributed by atoms with Gasteiger partial charge in [-0.1, -0.05) is 110 Å². The molecule has 0 fully saturated rings. The molecule has 6 heteroatoms. The number of rotatable bonds is 9. The first-order valence-corrected chi connectivity index (χ1v) is 18.8.